The fraction of sp³-hybridized carbons (Fsp3) is 0.429. The zero-order valence-corrected chi connectivity index (χ0v) is 17.0. The number of carbonyl (C=O) groups excluding carboxylic acids is 2. The van der Waals surface area contributed by atoms with Crippen molar-refractivity contribution in [2.24, 2.45) is 0 Å². The molecule has 1 aromatic heterocycles. The molecule has 0 spiro atoms. The summed E-state index contributed by atoms with van der Waals surface area (Å²) in [5, 5.41) is 2.55. The molecule has 1 saturated heterocycles. The normalized spacial score (nSPS) is 14.4. The highest BCUT2D eigenvalue weighted by Crippen LogP contribution is 2.29. The third-order valence-corrected chi connectivity index (χ3v) is 4.81. The fourth-order valence-electron chi connectivity index (χ4n) is 3.28. The highest BCUT2D eigenvalue weighted by Gasteiger charge is 2.26. The van der Waals surface area contributed by atoms with Gasteiger partial charge in [-0.15, -0.1) is 0 Å². The van der Waals surface area contributed by atoms with Crippen LogP contribution in [-0.2, 0) is 9.59 Å². The second-order valence-corrected chi connectivity index (χ2v) is 7.05. The Morgan fingerprint density at radius 1 is 1.17 bits per heavy atom. The Kier molecular flexibility index (Phi) is 6.64. The smallest absolute Gasteiger partial charge is 0.241 e. The zero-order valence-electron chi connectivity index (χ0n) is 17.0. The fourth-order valence-corrected chi connectivity index (χ4v) is 3.28. The molecular weight excluding hydrogens is 372 g/mol. The summed E-state index contributed by atoms with van der Waals surface area (Å²) in [5.74, 6) is 2.47. The van der Waals surface area contributed by atoms with Gasteiger partial charge in [-0.05, 0) is 31.9 Å². The van der Waals surface area contributed by atoms with E-state index < -0.39 is 0 Å². The number of ether oxygens (including phenoxy) is 2. The standard InChI is InChI=1S/C21H26N4O4/c1-14-11-19(29-18-6-4-5-17(12-18)28-3)24-21(23-14)16-7-9-25(10-8-16)20(27)13-22-15(2)26/h4-6,11-12,16H,7-10,13H2,1-3H3,(H,22,26). The molecule has 0 aliphatic carbocycles. The Morgan fingerprint density at radius 3 is 2.59 bits per heavy atom. The minimum Gasteiger partial charge on any atom is -0.497 e. The first kappa shape index (κ1) is 20.6. The lowest BCUT2D eigenvalue weighted by Crippen LogP contribution is -2.43. The number of methoxy groups -OCH3 is 1. The molecule has 0 radical (unpaired) electrons. The number of rotatable bonds is 6. The van der Waals surface area contributed by atoms with E-state index >= 15 is 0 Å². The molecule has 0 unspecified atom stereocenters. The average Bonchev–Trinajstić information content (AvgIpc) is 2.71. The van der Waals surface area contributed by atoms with Gasteiger partial charge < -0.3 is 19.7 Å². The van der Waals surface area contributed by atoms with E-state index in [4.69, 9.17) is 9.47 Å². The molecule has 0 saturated carbocycles. The molecule has 1 fully saturated rings. The molecule has 8 heteroatoms. The Bertz CT molecular complexity index is 879. The van der Waals surface area contributed by atoms with Crippen molar-refractivity contribution in [1.82, 2.24) is 20.2 Å². The van der Waals surface area contributed by atoms with Crippen molar-refractivity contribution in [3.63, 3.8) is 0 Å². The van der Waals surface area contributed by atoms with E-state index in [2.05, 4.69) is 15.3 Å². The third-order valence-electron chi connectivity index (χ3n) is 4.81. The quantitative estimate of drug-likeness (QED) is 0.803. The second-order valence-electron chi connectivity index (χ2n) is 7.05. The van der Waals surface area contributed by atoms with Gasteiger partial charge in [0.25, 0.3) is 0 Å². The Labute approximate surface area is 170 Å². The van der Waals surface area contributed by atoms with Gasteiger partial charge in [0.2, 0.25) is 17.7 Å². The van der Waals surface area contributed by atoms with E-state index in [1.165, 1.54) is 6.92 Å². The molecule has 1 aromatic carbocycles. The Balaban J connectivity index is 1.64. The maximum absolute atomic E-state index is 12.2. The number of hydrogen-bond acceptors (Lipinski definition) is 6. The summed E-state index contributed by atoms with van der Waals surface area (Å²) in [6, 6.07) is 9.16. The van der Waals surface area contributed by atoms with Crippen LogP contribution in [0.3, 0.4) is 0 Å². The third kappa shape index (κ3) is 5.66. The highest BCUT2D eigenvalue weighted by atomic mass is 16.5. The number of aromatic nitrogens is 2. The van der Waals surface area contributed by atoms with Crippen LogP contribution < -0.4 is 14.8 Å². The zero-order chi connectivity index (χ0) is 20.8. The van der Waals surface area contributed by atoms with Gasteiger partial charge >= 0.3 is 0 Å². The molecule has 0 atom stereocenters. The van der Waals surface area contributed by atoms with Crippen LogP contribution in [-0.4, -0.2) is 53.4 Å². The molecule has 154 valence electrons. The number of benzene rings is 1. The maximum atomic E-state index is 12.2. The van der Waals surface area contributed by atoms with Crippen LogP contribution in [0.1, 0.15) is 37.2 Å². The van der Waals surface area contributed by atoms with Crippen LogP contribution in [0, 0.1) is 6.92 Å². The SMILES string of the molecule is COc1cccc(Oc2cc(C)nc(C3CCN(C(=O)CNC(C)=O)CC3)n2)c1. The van der Waals surface area contributed by atoms with Crippen LogP contribution in [0.15, 0.2) is 30.3 Å². The van der Waals surface area contributed by atoms with E-state index in [1.54, 1.807) is 24.1 Å². The predicted octanol–water partition coefficient (Wildman–Crippen LogP) is 2.43. The molecule has 29 heavy (non-hydrogen) atoms. The summed E-state index contributed by atoms with van der Waals surface area (Å²) >= 11 is 0. The summed E-state index contributed by atoms with van der Waals surface area (Å²) in [6.07, 6.45) is 1.54. The molecule has 2 heterocycles. The number of nitrogens with one attached hydrogen (secondary N) is 1. The molecule has 1 N–H and O–H groups in total. The van der Waals surface area contributed by atoms with Crippen molar-refractivity contribution in [3.05, 3.63) is 41.9 Å². The van der Waals surface area contributed by atoms with Gasteiger partial charge in [-0.1, -0.05) is 6.07 Å². The van der Waals surface area contributed by atoms with Crippen molar-refractivity contribution >= 4 is 11.8 Å². The Morgan fingerprint density at radius 2 is 1.90 bits per heavy atom. The summed E-state index contributed by atoms with van der Waals surface area (Å²) in [7, 11) is 1.61. The highest BCUT2D eigenvalue weighted by molar-refractivity contribution is 5.83. The maximum Gasteiger partial charge on any atom is 0.241 e. The summed E-state index contributed by atoms with van der Waals surface area (Å²) in [4.78, 5) is 34.1. The van der Waals surface area contributed by atoms with Crippen LogP contribution >= 0.6 is 0 Å². The topological polar surface area (TPSA) is 93.7 Å². The van der Waals surface area contributed by atoms with Gasteiger partial charge in [0.05, 0.1) is 13.7 Å². The van der Waals surface area contributed by atoms with Gasteiger partial charge in [0.1, 0.15) is 17.3 Å². The van der Waals surface area contributed by atoms with Crippen LogP contribution in [0.25, 0.3) is 0 Å². The lowest BCUT2D eigenvalue weighted by molar-refractivity contribution is -0.133. The van der Waals surface area contributed by atoms with Crippen LogP contribution in [0.2, 0.25) is 0 Å². The van der Waals surface area contributed by atoms with Gasteiger partial charge in [0, 0.05) is 43.8 Å². The number of hydrogen-bond donors (Lipinski definition) is 1. The molecule has 8 nitrogen and oxygen atoms in total. The number of nitrogens with zero attached hydrogens (tertiary/aromatic N) is 3. The Hall–Kier alpha value is -3.16. The summed E-state index contributed by atoms with van der Waals surface area (Å²) in [6.45, 7) is 4.59. The molecule has 1 aliphatic rings. The van der Waals surface area contributed by atoms with Crippen molar-refractivity contribution < 1.29 is 19.1 Å². The lowest BCUT2D eigenvalue weighted by Gasteiger charge is -2.31. The minimum atomic E-state index is -0.204. The van der Waals surface area contributed by atoms with Crippen molar-refractivity contribution in [3.8, 4) is 17.4 Å². The van der Waals surface area contributed by atoms with Crippen molar-refractivity contribution in [1.29, 1.82) is 0 Å². The minimum absolute atomic E-state index is 0.0411. The van der Waals surface area contributed by atoms with Crippen molar-refractivity contribution in [2.45, 2.75) is 32.6 Å². The number of carbonyl (C=O) groups is 2. The summed E-state index contributed by atoms with van der Waals surface area (Å²) < 4.78 is 11.1. The molecule has 3 rings (SSSR count). The molecule has 2 amide bonds. The lowest BCUT2D eigenvalue weighted by atomic mass is 9.95. The van der Waals surface area contributed by atoms with Gasteiger partial charge in [-0.25, -0.2) is 4.98 Å². The molecule has 2 aromatic rings. The number of likely N-dealkylation sites (tertiary alicyclic amines) is 1. The average molecular weight is 398 g/mol. The van der Waals surface area contributed by atoms with E-state index in [-0.39, 0.29) is 24.3 Å². The summed E-state index contributed by atoms with van der Waals surface area (Å²) in [5.41, 5.74) is 0.831. The van der Waals surface area contributed by atoms with E-state index in [9.17, 15) is 9.59 Å². The molecule has 0 bridgehead atoms. The van der Waals surface area contributed by atoms with Gasteiger partial charge in [-0.3, -0.25) is 9.59 Å². The van der Waals surface area contributed by atoms with Crippen LogP contribution in [0.4, 0.5) is 0 Å². The van der Waals surface area contributed by atoms with Gasteiger partial charge in [-0.2, -0.15) is 4.98 Å². The number of piperidine rings is 1. The molecule has 1 aliphatic heterocycles. The van der Waals surface area contributed by atoms with Crippen LogP contribution in [0.5, 0.6) is 17.4 Å². The number of amides is 2. The van der Waals surface area contributed by atoms with E-state index in [1.807, 2.05) is 25.1 Å². The monoisotopic (exact) mass is 398 g/mol. The van der Waals surface area contributed by atoms with Crippen molar-refractivity contribution in [2.75, 3.05) is 26.7 Å². The first-order valence-electron chi connectivity index (χ1n) is 9.64. The molecular formula is C21H26N4O4. The number of aryl methyl sites for hydroxylation is 1. The second kappa shape index (κ2) is 9.36. The van der Waals surface area contributed by atoms with Gasteiger partial charge in [0.15, 0.2) is 0 Å². The largest absolute Gasteiger partial charge is 0.497 e. The first-order chi connectivity index (χ1) is 13.9. The first-order valence-corrected chi connectivity index (χ1v) is 9.64. The van der Waals surface area contributed by atoms with E-state index in [0.717, 1.165) is 24.4 Å². The van der Waals surface area contributed by atoms with E-state index in [0.29, 0.717) is 30.5 Å². The predicted molar refractivity (Wildman–Crippen MR) is 107 cm³/mol.